The van der Waals surface area contributed by atoms with Gasteiger partial charge in [0.15, 0.2) is 18.2 Å². The van der Waals surface area contributed by atoms with Crippen LogP contribution in [0.15, 0.2) is 35.3 Å². The van der Waals surface area contributed by atoms with Gasteiger partial charge in [-0.3, -0.25) is 14.9 Å². The number of carbonyl (C=O) groups excluding carboxylic acids is 3. The van der Waals surface area contributed by atoms with Crippen LogP contribution >= 0.6 is 0 Å². The summed E-state index contributed by atoms with van der Waals surface area (Å²) in [5.74, 6) is 0.517. The van der Waals surface area contributed by atoms with E-state index in [0.29, 0.717) is 32.7 Å². The molecule has 3 heterocycles. The van der Waals surface area contributed by atoms with Crippen molar-refractivity contribution < 1.29 is 14.4 Å². The summed E-state index contributed by atoms with van der Waals surface area (Å²) in [4.78, 5) is 48.8. The van der Waals surface area contributed by atoms with Crippen LogP contribution in [-0.2, 0) is 16.0 Å². The Hall–Kier alpha value is -3.10. The predicted molar refractivity (Wildman–Crippen MR) is 112 cm³/mol. The lowest BCUT2D eigenvalue weighted by atomic mass is 10.1. The van der Waals surface area contributed by atoms with E-state index in [1.54, 1.807) is 14.0 Å². The first-order valence-electron chi connectivity index (χ1n) is 10.4. The average Bonchev–Trinajstić information content (AvgIpc) is 3.13. The van der Waals surface area contributed by atoms with Gasteiger partial charge in [-0.05, 0) is 18.4 Å². The van der Waals surface area contributed by atoms with Crippen LogP contribution in [0.1, 0.15) is 18.9 Å². The van der Waals surface area contributed by atoms with E-state index >= 15 is 0 Å². The van der Waals surface area contributed by atoms with E-state index in [2.05, 4.69) is 22.3 Å². The van der Waals surface area contributed by atoms with Gasteiger partial charge in [0, 0.05) is 46.7 Å². The Kier molecular flexibility index (Phi) is 5.61. The van der Waals surface area contributed by atoms with Crippen molar-refractivity contribution in [3.8, 4) is 0 Å². The molecule has 2 saturated heterocycles. The summed E-state index contributed by atoms with van der Waals surface area (Å²) in [7, 11) is 1.67. The van der Waals surface area contributed by atoms with E-state index < -0.39 is 18.2 Å². The summed E-state index contributed by atoms with van der Waals surface area (Å²) < 4.78 is 0. The number of amides is 4. The largest absolute Gasteiger partial charge is 0.339 e. The fraction of sp³-hybridized carbons (Fsp3) is 0.524. The number of hydrogen-bond donors (Lipinski definition) is 1. The molecule has 3 aliphatic heterocycles. The number of fused-ring (bicyclic) bond motifs is 1. The molecular formula is C21H28N6O3. The highest BCUT2D eigenvalue weighted by atomic mass is 16.2. The molecule has 9 heteroatoms. The minimum Gasteiger partial charge on any atom is -0.339 e. The third kappa shape index (κ3) is 3.83. The Morgan fingerprint density at radius 2 is 1.83 bits per heavy atom. The maximum absolute atomic E-state index is 12.7. The highest BCUT2D eigenvalue weighted by Gasteiger charge is 2.49. The number of likely N-dealkylation sites (N-methyl/N-ethyl adjacent to an activating group) is 1. The van der Waals surface area contributed by atoms with Crippen LogP contribution in [0.3, 0.4) is 0 Å². The summed E-state index contributed by atoms with van der Waals surface area (Å²) in [5.41, 5.74) is 1.25. The fourth-order valence-electron chi connectivity index (χ4n) is 4.33. The number of nitrogens with one attached hydrogen (secondary N) is 1. The van der Waals surface area contributed by atoms with Crippen LogP contribution in [0.2, 0.25) is 0 Å². The highest BCUT2D eigenvalue weighted by molar-refractivity contribution is 6.03. The lowest BCUT2D eigenvalue weighted by molar-refractivity contribution is -0.130. The molecule has 9 nitrogen and oxygen atoms in total. The van der Waals surface area contributed by atoms with Gasteiger partial charge in [0.25, 0.3) is 5.91 Å². The molecule has 30 heavy (non-hydrogen) atoms. The smallest absolute Gasteiger partial charge is 0.325 e. The van der Waals surface area contributed by atoms with Crippen molar-refractivity contribution in [3.05, 3.63) is 35.9 Å². The van der Waals surface area contributed by atoms with Gasteiger partial charge >= 0.3 is 6.03 Å². The van der Waals surface area contributed by atoms with Gasteiger partial charge < -0.3 is 19.6 Å². The number of guanidine groups is 1. The maximum Gasteiger partial charge on any atom is 0.325 e. The summed E-state index contributed by atoms with van der Waals surface area (Å²) in [6.45, 7) is 4.82. The van der Waals surface area contributed by atoms with E-state index in [9.17, 15) is 14.4 Å². The van der Waals surface area contributed by atoms with Crippen molar-refractivity contribution in [1.29, 1.82) is 0 Å². The molecule has 3 aliphatic rings. The minimum atomic E-state index is -0.524. The summed E-state index contributed by atoms with van der Waals surface area (Å²) in [6, 6.07) is 9.31. The number of benzene rings is 1. The minimum absolute atomic E-state index is 0.0705. The maximum atomic E-state index is 12.7. The molecular weight excluding hydrogens is 384 g/mol. The first-order chi connectivity index (χ1) is 14.5. The average molecular weight is 412 g/mol. The van der Waals surface area contributed by atoms with Gasteiger partial charge in [0.2, 0.25) is 5.91 Å². The normalized spacial score (nSPS) is 24.0. The second-order valence-corrected chi connectivity index (χ2v) is 7.97. The Morgan fingerprint density at radius 3 is 2.50 bits per heavy atom. The molecule has 0 aromatic heterocycles. The van der Waals surface area contributed by atoms with Crippen LogP contribution < -0.4 is 5.32 Å². The fourth-order valence-corrected chi connectivity index (χ4v) is 4.33. The van der Waals surface area contributed by atoms with Crippen LogP contribution in [0.4, 0.5) is 4.79 Å². The second-order valence-electron chi connectivity index (χ2n) is 7.97. The Labute approximate surface area is 176 Å². The molecule has 0 bridgehead atoms. The lowest BCUT2D eigenvalue weighted by Gasteiger charge is -2.40. The standard InChI is InChI=1S/C21H28N6O3/c1-15(28)25-11-13-26(14-12-25)20-22-18-17(19(29)23-21(30)24(18)2)27(20)10-6-9-16-7-4-3-5-8-16/h3-5,7-8,17-18H,6,9-14H2,1-2H3,(H,23,29,30). The van der Waals surface area contributed by atoms with Crippen LogP contribution in [-0.4, -0.2) is 95.4 Å². The molecule has 160 valence electrons. The summed E-state index contributed by atoms with van der Waals surface area (Å²) >= 11 is 0. The molecule has 1 aromatic rings. The number of urea groups is 1. The Balaban J connectivity index is 1.51. The van der Waals surface area contributed by atoms with Gasteiger partial charge in [-0.15, -0.1) is 0 Å². The third-order valence-corrected chi connectivity index (χ3v) is 6.05. The van der Waals surface area contributed by atoms with Crippen molar-refractivity contribution >= 4 is 23.8 Å². The second kappa shape index (κ2) is 8.33. The summed E-state index contributed by atoms with van der Waals surface area (Å²) in [5, 5.41) is 2.45. The molecule has 2 unspecified atom stereocenters. The van der Waals surface area contributed by atoms with Crippen molar-refractivity contribution in [3.63, 3.8) is 0 Å². The molecule has 0 saturated carbocycles. The molecule has 0 aliphatic carbocycles. The van der Waals surface area contributed by atoms with Crippen molar-refractivity contribution in [2.24, 2.45) is 4.99 Å². The number of nitrogens with zero attached hydrogens (tertiary/aromatic N) is 5. The van der Waals surface area contributed by atoms with Crippen LogP contribution in [0, 0.1) is 0 Å². The molecule has 0 radical (unpaired) electrons. The van der Waals surface area contributed by atoms with E-state index in [4.69, 9.17) is 4.99 Å². The zero-order valence-corrected chi connectivity index (χ0v) is 17.5. The number of rotatable bonds is 4. The van der Waals surface area contributed by atoms with Gasteiger partial charge in [-0.25, -0.2) is 9.79 Å². The zero-order chi connectivity index (χ0) is 21.3. The number of hydrogen-bond acceptors (Lipinski definition) is 6. The van der Waals surface area contributed by atoms with Gasteiger partial charge in [0.05, 0.1) is 0 Å². The van der Waals surface area contributed by atoms with E-state index in [1.165, 1.54) is 10.5 Å². The molecule has 0 spiro atoms. The zero-order valence-electron chi connectivity index (χ0n) is 17.5. The quantitative estimate of drug-likeness (QED) is 0.770. The monoisotopic (exact) mass is 412 g/mol. The van der Waals surface area contributed by atoms with Crippen molar-refractivity contribution in [2.45, 2.75) is 32.0 Å². The number of aliphatic imine (C=N–C) groups is 1. The number of carbonyl (C=O) groups is 3. The number of imide groups is 1. The Morgan fingerprint density at radius 1 is 1.13 bits per heavy atom. The van der Waals surface area contributed by atoms with Gasteiger partial charge in [0.1, 0.15) is 0 Å². The van der Waals surface area contributed by atoms with E-state index in [0.717, 1.165) is 18.8 Å². The van der Waals surface area contributed by atoms with Crippen LogP contribution in [0.5, 0.6) is 0 Å². The summed E-state index contributed by atoms with van der Waals surface area (Å²) in [6.07, 6.45) is 1.24. The SMILES string of the molecule is CC(=O)N1CCN(C2=NC3C(C(=O)NC(=O)N3C)N2CCCc2ccccc2)CC1. The highest BCUT2D eigenvalue weighted by Crippen LogP contribution is 2.26. The van der Waals surface area contributed by atoms with Crippen molar-refractivity contribution in [1.82, 2.24) is 24.9 Å². The lowest BCUT2D eigenvalue weighted by Crippen LogP contribution is -2.64. The van der Waals surface area contributed by atoms with E-state index in [1.807, 2.05) is 28.0 Å². The van der Waals surface area contributed by atoms with Gasteiger partial charge in [-0.1, -0.05) is 30.3 Å². The number of aryl methyl sites for hydroxylation is 1. The molecule has 4 amide bonds. The first-order valence-corrected chi connectivity index (χ1v) is 10.4. The Bertz CT molecular complexity index is 850. The molecule has 2 atom stereocenters. The van der Waals surface area contributed by atoms with E-state index in [-0.39, 0.29) is 11.8 Å². The van der Waals surface area contributed by atoms with Crippen molar-refractivity contribution in [2.75, 3.05) is 39.8 Å². The predicted octanol–water partition coefficient (Wildman–Crippen LogP) is 0.331. The number of piperazine rings is 1. The molecule has 1 N–H and O–H groups in total. The van der Waals surface area contributed by atoms with Gasteiger partial charge in [-0.2, -0.15) is 0 Å². The topological polar surface area (TPSA) is 88.6 Å². The van der Waals surface area contributed by atoms with Crippen LogP contribution in [0.25, 0.3) is 0 Å². The first kappa shape index (κ1) is 20.2. The molecule has 4 rings (SSSR count). The molecule has 2 fully saturated rings. The molecule has 1 aromatic carbocycles. The third-order valence-electron chi connectivity index (χ3n) is 6.05.